The topological polar surface area (TPSA) is 51.0 Å². The summed E-state index contributed by atoms with van der Waals surface area (Å²) in [5.41, 5.74) is 1.28. The van der Waals surface area contributed by atoms with Crippen molar-refractivity contribution in [1.29, 1.82) is 0 Å². The fraction of sp³-hybridized carbons (Fsp3) is 0.286. The van der Waals surface area contributed by atoms with Gasteiger partial charge in [0.05, 0.1) is 5.69 Å². The monoisotopic (exact) mass is 396 g/mol. The van der Waals surface area contributed by atoms with E-state index in [2.05, 4.69) is 10.2 Å². The number of aromatic nitrogens is 3. The Hall–Kier alpha value is -2.67. The van der Waals surface area contributed by atoms with Crippen LogP contribution in [0.2, 0.25) is 0 Å². The highest BCUT2D eigenvalue weighted by Crippen LogP contribution is 2.37. The molecule has 2 aromatic carbocycles. The van der Waals surface area contributed by atoms with Gasteiger partial charge in [0.2, 0.25) is 5.91 Å². The van der Waals surface area contributed by atoms with Crippen molar-refractivity contribution in [2.24, 2.45) is 0 Å². The second-order valence-electron chi connectivity index (χ2n) is 6.73. The van der Waals surface area contributed by atoms with Gasteiger partial charge in [0.1, 0.15) is 17.4 Å². The molecule has 1 saturated heterocycles. The highest BCUT2D eigenvalue weighted by molar-refractivity contribution is 8.00. The quantitative estimate of drug-likeness (QED) is 0.605. The van der Waals surface area contributed by atoms with Crippen LogP contribution in [0.4, 0.5) is 4.39 Å². The van der Waals surface area contributed by atoms with Crippen molar-refractivity contribution >= 4 is 17.7 Å². The Morgan fingerprint density at radius 3 is 2.46 bits per heavy atom. The first-order valence-electron chi connectivity index (χ1n) is 9.39. The summed E-state index contributed by atoms with van der Waals surface area (Å²) < 4.78 is 15.9. The molecule has 0 aliphatic carbocycles. The largest absolute Gasteiger partial charge is 0.341 e. The van der Waals surface area contributed by atoms with E-state index >= 15 is 0 Å². The molecule has 4 rings (SSSR count). The standard InChI is InChI=1S/C21H21FN4OS/c22-17-11-5-6-12-18(17)26-15-23-24-21(26)28-19(16-9-3-1-4-10-16)20(27)25-13-7-2-8-14-25/h1,3-6,9-12,15,19H,2,7-8,13-14H2. The van der Waals surface area contributed by atoms with E-state index in [1.54, 1.807) is 22.8 Å². The number of para-hydroxylation sites is 1. The van der Waals surface area contributed by atoms with E-state index in [9.17, 15) is 9.18 Å². The molecule has 0 radical (unpaired) electrons. The van der Waals surface area contributed by atoms with Gasteiger partial charge in [-0.3, -0.25) is 9.36 Å². The minimum atomic E-state index is -0.450. The first kappa shape index (κ1) is 18.7. The molecule has 28 heavy (non-hydrogen) atoms. The molecule has 1 aliphatic heterocycles. The lowest BCUT2D eigenvalue weighted by Crippen LogP contribution is -2.38. The van der Waals surface area contributed by atoms with Gasteiger partial charge in [0.25, 0.3) is 0 Å². The normalized spacial score (nSPS) is 15.4. The smallest absolute Gasteiger partial charge is 0.240 e. The Balaban J connectivity index is 1.67. The number of likely N-dealkylation sites (tertiary alicyclic amines) is 1. The summed E-state index contributed by atoms with van der Waals surface area (Å²) in [6.07, 6.45) is 4.70. The number of thioether (sulfide) groups is 1. The number of carbonyl (C=O) groups excluding carboxylic acids is 1. The number of hydrogen-bond acceptors (Lipinski definition) is 4. The minimum absolute atomic E-state index is 0.0685. The molecule has 3 aromatic rings. The molecular formula is C21H21FN4OS. The van der Waals surface area contributed by atoms with Crippen LogP contribution >= 0.6 is 11.8 Å². The zero-order chi connectivity index (χ0) is 19.3. The van der Waals surface area contributed by atoms with Crippen LogP contribution in [0.5, 0.6) is 0 Å². The van der Waals surface area contributed by atoms with Crippen LogP contribution in [-0.4, -0.2) is 38.7 Å². The fourth-order valence-electron chi connectivity index (χ4n) is 3.39. The number of nitrogens with zero attached hydrogens (tertiary/aromatic N) is 4. The van der Waals surface area contributed by atoms with Gasteiger partial charge in [-0.1, -0.05) is 54.2 Å². The van der Waals surface area contributed by atoms with Crippen molar-refractivity contribution in [3.05, 3.63) is 72.3 Å². The minimum Gasteiger partial charge on any atom is -0.341 e. The molecule has 2 heterocycles. The van der Waals surface area contributed by atoms with E-state index in [-0.39, 0.29) is 11.7 Å². The van der Waals surface area contributed by atoms with Crippen molar-refractivity contribution in [3.63, 3.8) is 0 Å². The molecule has 7 heteroatoms. The van der Waals surface area contributed by atoms with Crippen LogP contribution in [0.3, 0.4) is 0 Å². The summed E-state index contributed by atoms with van der Waals surface area (Å²) in [4.78, 5) is 15.2. The van der Waals surface area contributed by atoms with Crippen molar-refractivity contribution in [1.82, 2.24) is 19.7 Å². The number of rotatable bonds is 5. The van der Waals surface area contributed by atoms with E-state index in [4.69, 9.17) is 0 Å². The van der Waals surface area contributed by atoms with Gasteiger partial charge in [-0.25, -0.2) is 4.39 Å². The Morgan fingerprint density at radius 1 is 1.00 bits per heavy atom. The van der Waals surface area contributed by atoms with E-state index < -0.39 is 5.25 Å². The zero-order valence-electron chi connectivity index (χ0n) is 15.4. The van der Waals surface area contributed by atoms with Crippen LogP contribution in [-0.2, 0) is 4.79 Å². The molecule has 1 aliphatic rings. The Morgan fingerprint density at radius 2 is 1.71 bits per heavy atom. The molecule has 1 fully saturated rings. The lowest BCUT2D eigenvalue weighted by Gasteiger charge is -2.30. The molecule has 144 valence electrons. The third-order valence-electron chi connectivity index (χ3n) is 4.85. The average Bonchev–Trinajstić information content (AvgIpc) is 3.21. The van der Waals surface area contributed by atoms with Gasteiger partial charge in [0, 0.05) is 13.1 Å². The summed E-state index contributed by atoms with van der Waals surface area (Å²) in [5, 5.41) is 8.16. The summed E-state index contributed by atoms with van der Waals surface area (Å²) in [5.74, 6) is -0.290. The maximum atomic E-state index is 14.3. The van der Waals surface area contributed by atoms with E-state index in [1.807, 2.05) is 35.2 Å². The number of piperidine rings is 1. The third-order valence-corrected chi connectivity index (χ3v) is 6.04. The van der Waals surface area contributed by atoms with Crippen LogP contribution in [0, 0.1) is 5.82 Å². The number of hydrogen-bond donors (Lipinski definition) is 0. The highest BCUT2D eigenvalue weighted by atomic mass is 32.2. The maximum absolute atomic E-state index is 14.3. The predicted octanol–water partition coefficient (Wildman–Crippen LogP) is 4.25. The summed E-state index contributed by atoms with van der Waals surface area (Å²) in [6, 6.07) is 16.2. The van der Waals surface area contributed by atoms with Crippen LogP contribution in [0.1, 0.15) is 30.1 Å². The van der Waals surface area contributed by atoms with E-state index in [0.717, 1.165) is 37.9 Å². The SMILES string of the molecule is O=C(C(Sc1nncn1-c1ccccc1F)c1ccccc1)N1CCCCC1. The molecule has 5 nitrogen and oxygen atoms in total. The summed E-state index contributed by atoms with van der Waals surface area (Å²) in [6.45, 7) is 1.56. The van der Waals surface area contributed by atoms with Gasteiger partial charge >= 0.3 is 0 Å². The van der Waals surface area contributed by atoms with Gasteiger partial charge in [-0.05, 0) is 37.0 Å². The second-order valence-corrected chi connectivity index (χ2v) is 7.80. The Bertz CT molecular complexity index is 940. The molecule has 1 unspecified atom stereocenters. The average molecular weight is 396 g/mol. The van der Waals surface area contributed by atoms with Crippen molar-refractivity contribution in [3.8, 4) is 5.69 Å². The lowest BCUT2D eigenvalue weighted by atomic mass is 10.1. The highest BCUT2D eigenvalue weighted by Gasteiger charge is 2.29. The van der Waals surface area contributed by atoms with E-state index in [1.165, 1.54) is 24.2 Å². The van der Waals surface area contributed by atoms with Gasteiger partial charge in [0.15, 0.2) is 5.16 Å². The number of halogens is 1. The van der Waals surface area contributed by atoms with Crippen molar-refractivity contribution < 1.29 is 9.18 Å². The molecule has 1 amide bonds. The molecule has 0 saturated carbocycles. The molecule has 0 N–H and O–H groups in total. The molecule has 0 bridgehead atoms. The molecule has 1 atom stereocenters. The zero-order valence-corrected chi connectivity index (χ0v) is 16.2. The van der Waals surface area contributed by atoms with Gasteiger partial charge < -0.3 is 4.90 Å². The Labute approximate surface area is 167 Å². The first-order chi connectivity index (χ1) is 13.7. The fourth-order valence-corrected chi connectivity index (χ4v) is 4.50. The van der Waals surface area contributed by atoms with Crippen molar-refractivity contribution in [2.75, 3.05) is 13.1 Å². The van der Waals surface area contributed by atoms with Crippen LogP contribution in [0.15, 0.2) is 66.1 Å². The third kappa shape index (κ3) is 3.94. The number of amides is 1. The second kappa shape index (κ2) is 8.56. The molecule has 0 spiro atoms. The predicted molar refractivity (Wildman–Crippen MR) is 107 cm³/mol. The Kier molecular flexibility index (Phi) is 5.71. The molecular weight excluding hydrogens is 375 g/mol. The van der Waals surface area contributed by atoms with E-state index in [0.29, 0.717) is 10.8 Å². The van der Waals surface area contributed by atoms with Gasteiger partial charge in [-0.15, -0.1) is 10.2 Å². The van der Waals surface area contributed by atoms with Crippen LogP contribution < -0.4 is 0 Å². The number of carbonyl (C=O) groups is 1. The lowest BCUT2D eigenvalue weighted by molar-refractivity contribution is -0.131. The van der Waals surface area contributed by atoms with Crippen LogP contribution in [0.25, 0.3) is 5.69 Å². The van der Waals surface area contributed by atoms with Gasteiger partial charge in [-0.2, -0.15) is 0 Å². The summed E-state index contributed by atoms with van der Waals surface area (Å²) in [7, 11) is 0. The number of benzene rings is 2. The van der Waals surface area contributed by atoms with Crippen molar-refractivity contribution in [2.45, 2.75) is 29.7 Å². The first-order valence-corrected chi connectivity index (χ1v) is 10.3. The molecule has 1 aromatic heterocycles. The summed E-state index contributed by atoms with van der Waals surface area (Å²) >= 11 is 1.31. The maximum Gasteiger partial charge on any atom is 0.240 e.